The Labute approximate surface area is 71.8 Å². The Morgan fingerprint density at radius 3 is 3.08 bits per heavy atom. The number of aliphatic hydroxyl groups is 1. The van der Waals surface area contributed by atoms with Gasteiger partial charge in [0.25, 0.3) is 0 Å². The number of ether oxygens (including phenoxy) is 1. The average Bonchev–Trinajstić information content (AvgIpc) is 2.17. The first-order chi connectivity index (χ1) is 5.92. The van der Waals surface area contributed by atoms with Gasteiger partial charge in [0.2, 0.25) is 0 Å². The summed E-state index contributed by atoms with van der Waals surface area (Å²) in [6.07, 6.45) is 0.924. The Morgan fingerprint density at radius 2 is 2.25 bits per heavy atom. The molecule has 0 aliphatic carbocycles. The summed E-state index contributed by atoms with van der Waals surface area (Å²) in [5.41, 5.74) is 1.14. The van der Waals surface area contributed by atoms with Crippen molar-refractivity contribution in [1.29, 1.82) is 0 Å². The second-order valence-electron chi connectivity index (χ2n) is 3.05. The Kier molecular flexibility index (Phi) is 2.00. The smallest absolute Gasteiger partial charge is 0.122 e. The number of aliphatic hydroxyl groups excluding tert-OH is 1. The molecule has 0 saturated heterocycles. The Hall–Kier alpha value is -1.02. The lowest BCUT2D eigenvalue weighted by molar-refractivity contribution is 0.205. The standard InChI is InChI=1S/C10H12O2/c11-7-8-5-6-12-10-4-2-1-3-9(8)10/h1-4,8,11H,5-7H2/t8-/m1/s1. The number of hydrogen-bond acceptors (Lipinski definition) is 2. The van der Waals surface area contributed by atoms with Crippen LogP contribution in [0.5, 0.6) is 5.75 Å². The molecule has 1 atom stereocenters. The Morgan fingerprint density at radius 1 is 1.42 bits per heavy atom. The molecular formula is C10H12O2. The molecule has 2 nitrogen and oxygen atoms in total. The minimum absolute atomic E-state index is 0.223. The van der Waals surface area contributed by atoms with E-state index in [1.54, 1.807) is 0 Å². The van der Waals surface area contributed by atoms with E-state index in [9.17, 15) is 0 Å². The van der Waals surface area contributed by atoms with E-state index in [0.717, 1.165) is 24.3 Å². The van der Waals surface area contributed by atoms with Crippen LogP contribution in [-0.4, -0.2) is 18.3 Å². The lowest BCUT2D eigenvalue weighted by Crippen LogP contribution is -2.16. The predicted octanol–water partition coefficient (Wildman–Crippen LogP) is 1.54. The molecule has 1 aromatic carbocycles. The first-order valence-electron chi connectivity index (χ1n) is 4.24. The second-order valence-corrected chi connectivity index (χ2v) is 3.05. The Balaban J connectivity index is 2.37. The van der Waals surface area contributed by atoms with Crippen LogP contribution in [-0.2, 0) is 0 Å². The molecule has 0 aromatic heterocycles. The zero-order chi connectivity index (χ0) is 8.39. The van der Waals surface area contributed by atoms with Crippen LogP contribution in [0.2, 0.25) is 0 Å². The van der Waals surface area contributed by atoms with Crippen molar-refractivity contribution >= 4 is 0 Å². The maximum absolute atomic E-state index is 9.08. The third-order valence-electron chi connectivity index (χ3n) is 2.30. The summed E-state index contributed by atoms with van der Waals surface area (Å²) < 4.78 is 5.44. The van der Waals surface area contributed by atoms with Crippen molar-refractivity contribution in [2.24, 2.45) is 0 Å². The lowest BCUT2D eigenvalue weighted by Gasteiger charge is -2.23. The minimum atomic E-state index is 0.223. The molecule has 0 saturated carbocycles. The largest absolute Gasteiger partial charge is 0.493 e. The molecule has 0 bridgehead atoms. The monoisotopic (exact) mass is 164 g/mol. The first-order valence-corrected chi connectivity index (χ1v) is 4.24. The van der Waals surface area contributed by atoms with Gasteiger partial charge in [-0.1, -0.05) is 18.2 Å². The molecule has 1 aliphatic heterocycles. The molecule has 1 aliphatic rings. The van der Waals surface area contributed by atoms with E-state index in [-0.39, 0.29) is 12.5 Å². The second kappa shape index (κ2) is 3.15. The summed E-state index contributed by atoms with van der Waals surface area (Å²) in [4.78, 5) is 0. The third-order valence-corrected chi connectivity index (χ3v) is 2.30. The van der Waals surface area contributed by atoms with E-state index in [4.69, 9.17) is 9.84 Å². The topological polar surface area (TPSA) is 29.5 Å². The molecule has 1 aromatic rings. The van der Waals surface area contributed by atoms with E-state index in [0.29, 0.717) is 0 Å². The summed E-state index contributed by atoms with van der Waals surface area (Å²) in [6.45, 7) is 0.947. The van der Waals surface area contributed by atoms with Gasteiger partial charge in [0, 0.05) is 5.92 Å². The van der Waals surface area contributed by atoms with Gasteiger partial charge < -0.3 is 9.84 Å². The number of para-hydroxylation sites is 1. The molecule has 0 unspecified atom stereocenters. The van der Waals surface area contributed by atoms with Crippen LogP contribution in [0.25, 0.3) is 0 Å². The highest BCUT2D eigenvalue weighted by molar-refractivity contribution is 5.37. The van der Waals surface area contributed by atoms with Gasteiger partial charge >= 0.3 is 0 Å². The number of fused-ring (bicyclic) bond motifs is 1. The number of hydrogen-bond donors (Lipinski definition) is 1. The molecule has 0 radical (unpaired) electrons. The molecular weight excluding hydrogens is 152 g/mol. The molecule has 1 heterocycles. The van der Waals surface area contributed by atoms with E-state index in [1.165, 1.54) is 0 Å². The maximum atomic E-state index is 9.08. The number of benzene rings is 1. The van der Waals surface area contributed by atoms with E-state index >= 15 is 0 Å². The molecule has 2 heteroatoms. The lowest BCUT2D eigenvalue weighted by atomic mass is 9.94. The van der Waals surface area contributed by atoms with Crippen molar-refractivity contribution < 1.29 is 9.84 Å². The quantitative estimate of drug-likeness (QED) is 0.682. The molecule has 0 fully saturated rings. The molecule has 0 spiro atoms. The zero-order valence-electron chi connectivity index (χ0n) is 6.86. The van der Waals surface area contributed by atoms with E-state index < -0.39 is 0 Å². The van der Waals surface area contributed by atoms with Gasteiger partial charge in [0.15, 0.2) is 0 Å². The third kappa shape index (κ3) is 1.18. The number of rotatable bonds is 1. The summed E-state index contributed by atoms with van der Waals surface area (Å²) >= 11 is 0. The van der Waals surface area contributed by atoms with Gasteiger partial charge in [-0.3, -0.25) is 0 Å². The van der Waals surface area contributed by atoms with Gasteiger partial charge in [-0.25, -0.2) is 0 Å². The van der Waals surface area contributed by atoms with Gasteiger partial charge in [0.1, 0.15) is 5.75 Å². The zero-order valence-corrected chi connectivity index (χ0v) is 6.86. The molecule has 1 N–H and O–H groups in total. The Bertz CT molecular complexity index is 270. The summed E-state index contributed by atoms with van der Waals surface area (Å²) in [5, 5.41) is 9.08. The fraction of sp³-hybridized carbons (Fsp3) is 0.400. The molecule has 12 heavy (non-hydrogen) atoms. The van der Waals surface area contributed by atoms with Crippen molar-refractivity contribution in [3.63, 3.8) is 0 Å². The predicted molar refractivity (Wildman–Crippen MR) is 46.4 cm³/mol. The highest BCUT2D eigenvalue weighted by Gasteiger charge is 2.19. The summed E-state index contributed by atoms with van der Waals surface area (Å²) in [7, 11) is 0. The van der Waals surface area contributed by atoms with Crippen LogP contribution in [0.3, 0.4) is 0 Å². The summed E-state index contributed by atoms with van der Waals surface area (Å²) in [5.74, 6) is 1.21. The van der Waals surface area contributed by atoms with Crippen molar-refractivity contribution in [2.45, 2.75) is 12.3 Å². The van der Waals surface area contributed by atoms with Crippen molar-refractivity contribution in [2.75, 3.05) is 13.2 Å². The molecule has 64 valence electrons. The molecule has 2 rings (SSSR count). The van der Waals surface area contributed by atoms with Gasteiger partial charge in [-0.05, 0) is 18.1 Å². The minimum Gasteiger partial charge on any atom is -0.493 e. The van der Waals surface area contributed by atoms with E-state index in [2.05, 4.69) is 0 Å². The van der Waals surface area contributed by atoms with E-state index in [1.807, 2.05) is 24.3 Å². The SMILES string of the molecule is OC[C@H]1CCOc2ccccc21. The molecule has 0 amide bonds. The van der Waals surface area contributed by atoms with Crippen molar-refractivity contribution in [1.82, 2.24) is 0 Å². The van der Waals surface area contributed by atoms with Crippen LogP contribution in [0.15, 0.2) is 24.3 Å². The van der Waals surface area contributed by atoms with Gasteiger partial charge in [0.05, 0.1) is 13.2 Å². The van der Waals surface area contributed by atoms with Crippen molar-refractivity contribution in [3.05, 3.63) is 29.8 Å². The normalized spacial score (nSPS) is 21.2. The van der Waals surface area contributed by atoms with Crippen LogP contribution >= 0.6 is 0 Å². The summed E-state index contributed by atoms with van der Waals surface area (Å²) in [6, 6.07) is 7.92. The highest BCUT2D eigenvalue weighted by Crippen LogP contribution is 2.32. The van der Waals surface area contributed by atoms with Crippen LogP contribution in [0.4, 0.5) is 0 Å². The maximum Gasteiger partial charge on any atom is 0.122 e. The van der Waals surface area contributed by atoms with Crippen LogP contribution < -0.4 is 4.74 Å². The van der Waals surface area contributed by atoms with Crippen molar-refractivity contribution in [3.8, 4) is 5.75 Å². The first kappa shape index (κ1) is 7.62. The van der Waals surface area contributed by atoms with Crippen LogP contribution in [0.1, 0.15) is 17.9 Å². The van der Waals surface area contributed by atoms with Gasteiger partial charge in [-0.15, -0.1) is 0 Å². The van der Waals surface area contributed by atoms with Gasteiger partial charge in [-0.2, -0.15) is 0 Å². The average molecular weight is 164 g/mol. The fourth-order valence-corrected chi connectivity index (χ4v) is 1.61. The fourth-order valence-electron chi connectivity index (χ4n) is 1.61. The van der Waals surface area contributed by atoms with Crippen LogP contribution in [0, 0.1) is 0 Å². The highest BCUT2D eigenvalue weighted by atomic mass is 16.5.